The Morgan fingerprint density at radius 3 is 2.48 bits per heavy atom. The van der Waals surface area contributed by atoms with Crippen molar-refractivity contribution in [2.24, 2.45) is 0 Å². The van der Waals surface area contributed by atoms with E-state index in [1.54, 1.807) is 12.1 Å². The van der Waals surface area contributed by atoms with Crippen molar-refractivity contribution in [3.8, 4) is 0 Å². The average molecular weight is 312 g/mol. The molecule has 0 saturated carbocycles. The molecule has 0 fully saturated rings. The molecule has 1 unspecified atom stereocenters. The summed E-state index contributed by atoms with van der Waals surface area (Å²) in [5, 5.41) is 11.8. The van der Waals surface area contributed by atoms with Crippen LogP contribution in [0.5, 0.6) is 0 Å². The zero-order chi connectivity index (χ0) is 15.9. The first-order valence-corrected chi connectivity index (χ1v) is 8.09. The fourth-order valence-electron chi connectivity index (χ4n) is 1.64. The molecule has 1 atom stereocenters. The third-order valence-electron chi connectivity index (χ3n) is 2.75. The molecule has 0 aliphatic heterocycles. The van der Waals surface area contributed by atoms with Gasteiger partial charge in [-0.3, -0.25) is 0 Å². The van der Waals surface area contributed by atoms with Crippen LogP contribution in [0, 0.1) is 0 Å². The van der Waals surface area contributed by atoms with Crippen molar-refractivity contribution in [1.29, 1.82) is 0 Å². The van der Waals surface area contributed by atoms with E-state index in [0.717, 1.165) is 0 Å². The fourth-order valence-corrected chi connectivity index (χ4v) is 2.77. The fraction of sp³-hybridized carbons (Fsp3) is 0.357. The van der Waals surface area contributed by atoms with Crippen LogP contribution in [0.25, 0.3) is 0 Å². The van der Waals surface area contributed by atoms with Crippen molar-refractivity contribution in [3.63, 3.8) is 0 Å². The summed E-state index contributed by atoms with van der Waals surface area (Å²) < 4.78 is 26.3. The van der Waals surface area contributed by atoms with E-state index in [0.29, 0.717) is 18.7 Å². The molecule has 0 aromatic heterocycles. The molecule has 1 aromatic carbocycles. The van der Waals surface area contributed by atoms with E-state index in [1.165, 1.54) is 18.2 Å². The highest BCUT2D eigenvalue weighted by Gasteiger charge is 2.16. The van der Waals surface area contributed by atoms with Crippen molar-refractivity contribution in [2.75, 3.05) is 11.9 Å². The smallest absolute Gasteiger partial charge is 0.326 e. The van der Waals surface area contributed by atoms with Gasteiger partial charge in [0.05, 0.1) is 4.90 Å². The first-order valence-electron chi connectivity index (χ1n) is 6.60. The van der Waals surface area contributed by atoms with Gasteiger partial charge in [0.25, 0.3) is 0 Å². The number of benzene rings is 1. The second-order valence-corrected chi connectivity index (χ2v) is 6.25. The minimum atomic E-state index is -3.50. The highest BCUT2D eigenvalue weighted by Crippen LogP contribution is 2.15. The van der Waals surface area contributed by atoms with Crippen LogP contribution in [0.2, 0.25) is 0 Å². The van der Waals surface area contributed by atoms with Gasteiger partial charge in [-0.1, -0.05) is 13.0 Å². The Labute approximate surface area is 124 Å². The van der Waals surface area contributed by atoms with Crippen LogP contribution in [0.4, 0.5) is 5.69 Å². The number of carbonyl (C=O) groups is 1. The number of rotatable bonds is 9. The highest BCUT2D eigenvalue weighted by molar-refractivity contribution is 7.89. The third kappa shape index (κ3) is 5.20. The van der Waals surface area contributed by atoms with Gasteiger partial charge in [0.15, 0.2) is 0 Å². The molecule has 1 rings (SSSR count). The van der Waals surface area contributed by atoms with Gasteiger partial charge in [-0.15, -0.1) is 6.58 Å². The zero-order valence-electron chi connectivity index (χ0n) is 11.9. The van der Waals surface area contributed by atoms with Gasteiger partial charge in [0.2, 0.25) is 10.0 Å². The molecule has 3 N–H and O–H groups in total. The van der Waals surface area contributed by atoms with Crippen LogP contribution in [0.3, 0.4) is 0 Å². The van der Waals surface area contributed by atoms with Gasteiger partial charge in [0.1, 0.15) is 6.04 Å². The molecule has 0 amide bonds. The number of aliphatic carboxylic acids is 1. The molecule has 0 radical (unpaired) electrons. The van der Waals surface area contributed by atoms with Gasteiger partial charge in [-0.05, 0) is 37.1 Å². The van der Waals surface area contributed by atoms with Gasteiger partial charge in [-0.2, -0.15) is 0 Å². The summed E-state index contributed by atoms with van der Waals surface area (Å²) in [5.41, 5.74) is 0.540. The van der Waals surface area contributed by atoms with Crippen LogP contribution in [-0.4, -0.2) is 32.1 Å². The molecule has 1 aromatic rings. The molecule has 0 heterocycles. The molecule has 0 spiro atoms. The third-order valence-corrected chi connectivity index (χ3v) is 4.22. The first-order chi connectivity index (χ1) is 9.90. The minimum Gasteiger partial charge on any atom is -0.480 e. The zero-order valence-corrected chi connectivity index (χ0v) is 12.7. The summed E-state index contributed by atoms with van der Waals surface area (Å²) in [5.74, 6) is -0.990. The maximum Gasteiger partial charge on any atom is 0.326 e. The number of nitrogens with one attached hydrogen (secondary N) is 2. The van der Waals surface area contributed by atoms with Crippen LogP contribution >= 0.6 is 0 Å². The molecular weight excluding hydrogens is 292 g/mol. The quantitative estimate of drug-likeness (QED) is 0.604. The van der Waals surface area contributed by atoms with Crippen molar-refractivity contribution < 1.29 is 18.3 Å². The largest absolute Gasteiger partial charge is 0.480 e. The number of carboxylic acids is 1. The van der Waals surface area contributed by atoms with E-state index in [-0.39, 0.29) is 11.3 Å². The van der Waals surface area contributed by atoms with Crippen molar-refractivity contribution >= 4 is 21.7 Å². The Hall–Kier alpha value is -1.86. The maximum absolute atomic E-state index is 11.9. The molecular formula is C14H20N2O4S. The first kappa shape index (κ1) is 17.2. The molecule has 0 bridgehead atoms. The lowest BCUT2D eigenvalue weighted by Crippen LogP contribution is -2.28. The number of hydrogen-bond donors (Lipinski definition) is 3. The van der Waals surface area contributed by atoms with E-state index in [9.17, 15) is 13.2 Å². The lowest BCUT2D eigenvalue weighted by Gasteiger charge is -2.14. The molecule has 6 nitrogen and oxygen atoms in total. The number of sulfonamides is 1. The Morgan fingerprint density at radius 1 is 1.38 bits per heavy atom. The molecule has 21 heavy (non-hydrogen) atoms. The Morgan fingerprint density at radius 2 is 2.00 bits per heavy atom. The number of hydrogen-bond acceptors (Lipinski definition) is 4. The highest BCUT2D eigenvalue weighted by atomic mass is 32.2. The van der Waals surface area contributed by atoms with Gasteiger partial charge < -0.3 is 10.4 Å². The predicted octanol–water partition coefficient (Wildman–Crippen LogP) is 1.82. The minimum absolute atomic E-state index is 0.150. The second-order valence-electron chi connectivity index (χ2n) is 4.48. The lowest BCUT2D eigenvalue weighted by atomic mass is 10.2. The number of carboxylic acid groups (broad SMARTS) is 1. The van der Waals surface area contributed by atoms with Gasteiger partial charge in [-0.25, -0.2) is 17.9 Å². The Balaban J connectivity index is 2.82. The Kier molecular flexibility index (Phi) is 6.39. The molecule has 116 valence electrons. The van der Waals surface area contributed by atoms with Crippen LogP contribution in [0.1, 0.15) is 19.8 Å². The summed E-state index contributed by atoms with van der Waals surface area (Å²) in [6, 6.07) is 5.17. The van der Waals surface area contributed by atoms with E-state index >= 15 is 0 Å². The van der Waals surface area contributed by atoms with E-state index in [4.69, 9.17) is 5.11 Å². The van der Waals surface area contributed by atoms with Crippen molar-refractivity contribution in [2.45, 2.75) is 30.7 Å². The monoisotopic (exact) mass is 312 g/mol. The van der Waals surface area contributed by atoms with E-state index in [1.807, 2.05) is 6.92 Å². The topological polar surface area (TPSA) is 95.5 Å². The standard InChI is InChI=1S/C14H20N2O4S/c1-3-5-13(14(17)18)16-11-6-8-12(9-7-11)21(19,20)15-10-4-2/h3,6-9,13,15-16H,1,4-5,10H2,2H3,(H,17,18). The summed E-state index contributed by atoms with van der Waals surface area (Å²) in [6.45, 7) is 5.76. The van der Waals surface area contributed by atoms with Crippen LogP contribution < -0.4 is 10.0 Å². The lowest BCUT2D eigenvalue weighted by molar-refractivity contribution is -0.137. The second kappa shape index (κ2) is 7.80. The van der Waals surface area contributed by atoms with Gasteiger partial charge >= 0.3 is 5.97 Å². The summed E-state index contributed by atoms with van der Waals surface area (Å²) in [4.78, 5) is 11.2. The van der Waals surface area contributed by atoms with Crippen LogP contribution in [0.15, 0.2) is 41.8 Å². The number of anilines is 1. The van der Waals surface area contributed by atoms with E-state index < -0.39 is 22.0 Å². The van der Waals surface area contributed by atoms with Gasteiger partial charge in [0, 0.05) is 12.2 Å². The van der Waals surface area contributed by atoms with Crippen molar-refractivity contribution in [3.05, 3.63) is 36.9 Å². The normalized spacial score (nSPS) is 12.6. The maximum atomic E-state index is 11.9. The average Bonchev–Trinajstić information content (AvgIpc) is 2.45. The van der Waals surface area contributed by atoms with Crippen molar-refractivity contribution in [1.82, 2.24) is 4.72 Å². The summed E-state index contributed by atoms with van der Waals surface area (Å²) in [7, 11) is -3.50. The van der Waals surface area contributed by atoms with Crippen LogP contribution in [-0.2, 0) is 14.8 Å². The summed E-state index contributed by atoms with van der Waals surface area (Å²) in [6.07, 6.45) is 2.49. The molecule has 0 saturated heterocycles. The SMILES string of the molecule is C=CCC(Nc1ccc(S(=O)(=O)NCCC)cc1)C(=O)O. The Bertz CT molecular complexity index is 581. The molecule has 0 aliphatic rings. The molecule has 0 aliphatic carbocycles. The predicted molar refractivity (Wildman–Crippen MR) is 81.8 cm³/mol. The molecule has 7 heteroatoms. The van der Waals surface area contributed by atoms with E-state index in [2.05, 4.69) is 16.6 Å². The summed E-state index contributed by atoms with van der Waals surface area (Å²) >= 11 is 0.